The molecule has 37 heavy (non-hydrogen) atoms. The average Bonchev–Trinajstić information content (AvgIpc) is 2.92. The normalized spacial score (nSPS) is 17.8. The van der Waals surface area contributed by atoms with Crippen LogP contribution in [0.3, 0.4) is 0 Å². The third-order valence-corrected chi connectivity index (χ3v) is 6.98. The number of pyridine rings is 1. The van der Waals surface area contributed by atoms with Crippen molar-refractivity contribution < 1.29 is 19.0 Å². The molecular formula is C30H35N3O4. The summed E-state index contributed by atoms with van der Waals surface area (Å²) in [5.74, 6) is 0.612. The Hall–Kier alpha value is -3.26. The Labute approximate surface area is 218 Å². The molecule has 1 aromatic heterocycles. The zero-order valence-corrected chi connectivity index (χ0v) is 21.4. The second kappa shape index (κ2) is 12.3. The first-order valence-corrected chi connectivity index (χ1v) is 13.1. The summed E-state index contributed by atoms with van der Waals surface area (Å²) in [5, 5.41) is 2.94. The van der Waals surface area contributed by atoms with Crippen LogP contribution in [0.1, 0.15) is 45.6 Å². The number of amides is 1. The summed E-state index contributed by atoms with van der Waals surface area (Å²) in [7, 11) is 0. The van der Waals surface area contributed by atoms with Crippen LogP contribution in [0.4, 0.5) is 5.69 Å². The molecule has 7 heteroatoms. The van der Waals surface area contributed by atoms with E-state index in [4.69, 9.17) is 14.2 Å². The first kappa shape index (κ1) is 25.4. The van der Waals surface area contributed by atoms with Crippen molar-refractivity contribution in [2.24, 2.45) is 0 Å². The standard InChI is InChI=1S/C30H35N3O4/c1-22-5-7-27(20-31-22)32-30(34)25-6-8-29-26(19-25)18-23-3-2-4-24(17-23)21-33(11-14-36-15-16-37-29)28-9-12-35-13-10-28/h2-8,17,19-20,28H,9-16,18,21H2,1H3,(H,32,34). The third-order valence-electron chi connectivity index (χ3n) is 6.98. The van der Waals surface area contributed by atoms with E-state index in [1.165, 1.54) is 11.1 Å². The van der Waals surface area contributed by atoms with E-state index in [2.05, 4.69) is 39.5 Å². The minimum atomic E-state index is -0.169. The molecule has 194 valence electrons. The number of rotatable bonds is 3. The fourth-order valence-electron chi connectivity index (χ4n) is 4.97. The molecule has 5 rings (SSSR count). The van der Waals surface area contributed by atoms with Gasteiger partial charge in [-0.3, -0.25) is 14.7 Å². The summed E-state index contributed by atoms with van der Waals surface area (Å²) in [4.78, 5) is 19.8. The SMILES string of the molecule is Cc1ccc(NC(=O)c2ccc3c(c2)Cc2cccc(c2)CN(C2CCOCC2)CCOCCO3)cn1. The zero-order chi connectivity index (χ0) is 25.5. The van der Waals surface area contributed by atoms with Crippen molar-refractivity contribution in [1.82, 2.24) is 9.88 Å². The molecule has 2 bridgehead atoms. The molecule has 1 saturated heterocycles. The third kappa shape index (κ3) is 6.95. The maximum atomic E-state index is 13.0. The zero-order valence-electron chi connectivity index (χ0n) is 21.4. The number of aryl methyl sites for hydroxylation is 1. The first-order valence-electron chi connectivity index (χ1n) is 13.1. The number of anilines is 1. The number of carbonyl (C=O) groups is 1. The second-order valence-electron chi connectivity index (χ2n) is 9.74. The largest absolute Gasteiger partial charge is 0.491 e. The molecule has 2 aromatic carbocycles. The molecule has 1 N–H and O–H groups in total. The van der Waals surface area contributed by atoms with Gasteiger partial charge in [0.05, 0.1) is 25.1 Å². The second-order valence-corrected chi connectivity index (χ2v) is 9.74. The summed E-state index contributed by atoms with van der Waals surface area (Å²) in [6.45, 7) is 6.99. The monoisotopic (exact) mass is 501 g/mol. The van der Waals surface area contributed by atoms with E-state index in [9.17, 15) is 4.79 Å². The molecule has 3 aromatic rings. The molecule has 1 amide bonds. The number of fused-ring (bicyclic) bond motifs is 3. The van der Waals surface area contributed by atoms with Gasteiger partial charge in [0.1, 0.15) is 12.4 Å². The maximum Gasteiger partial charge on any atom is 0.255 e. The predicted octanol–water partition coefficient (Wildman–Crippen LogP) is 4.62. The van der Waals surface area contributed by atoms with Gasteiger partial charge in [-0.25, -0.2) is 0 Å². The van der Waals surface area contributed by atoms with Gasteiger partial charge in [0.25, 0.3) is 5.91 Å². The van der Waals surface area contributed by atoms with Gasteiger partial charge in [0.2, 0.25) is 0 Å². The van der Waals surface area contributed by atoms with Crippen molar-refractivity contribution in [1.29, 1.82) is 0 Å². The van der Waals surface area contributed by atoms with Crippen LogP contribution in [-0.4, -0.2) is 61.4 Å². The van der Waals surface area contributed by atoms with Crippen LogP contribution in [0.25, 0.3) is 0 Å². The molecule has 3 heterocycles. The Morgan fingerprint density at radius 2 is 1.78 bits per heavy atom. The van der Waals surface area contributed by atoms with Crippen molar-refractivity contribution >= 4 is 11.6 Å². The smallest absolute Gasteiger partial charge is 0.255 e. The van der Waals surface area contributed by atoms with Gasteiger partial charge in [0, 0.05) is 50.0 Å². The maximum absolute atomic E-state index is 13.0. The number of aromatic nitrogens is 1. The highest BCUT2D eigenvalue weighted by Gasteiger charge is 2.22. The minimum Gasteiger partial charge on any atom is -0.491 e. The summed E-state index contributed by atoms with van der Waals surface area (Å²) >= 11 is 0. The minimum absolute atomic E-state index is 0.169. The predicted molar refractivity (Wildman–Crippen MR) is 143 cm³/mol. The van der Waals surface area contributed by atoms with E-state index in [1.54, 1.807) is 6.20 Å². The number of carbonyl (C=O) groups excluding carboxylic acids is 1. The van der Waals surface area contributed by atoms with Crippen LogP contribution < -0.4 is 10.1 Å². The van der Waals surface area contributed by atoms with Crippen LogP contribution in [0.15, 0.2) is 60.8 Å². The lowest BCUT2D eigenvalue weighted by Gasteiger charge is -2.34. The summed E-state index contributed by atoms with van der Waals surface area (Å²) in [6.07, 6.45) is 4.46. The average molecular weight is 502 g/mol. The first-order chi connectivity index (χ1) is 18.1. The van der Waals surface area contributed by atoms with Crippen molar-refractivity contribution in [3.63, 3.8) is 0 Å². The molecule has 0 radical (unpaired) electrons. The Bertz CT molecular complexity index is 1190. The Morgan fingerprint density at radius 1 is 0.946 bits per heavy atom. The number of nitrogens with zero attached hydrogens (tertiary/aromatic N) is 2. The summed E-state index contributed by atoms with van der Waals surface area (Å²) < 4.78 is 17.6. The lowest BCUT2D eigenvalue weighted by molar-refractivity contribution is 0.0133. The lowest BCUT2D eigenvalue weighted by Crippen LogP contribution is -2.41. The van der Waals surface area contributed by atoms with Crippen molar-refractivity contribution in [3.8, 4) is 5.75 Å². The fourth-order valence-corrected chi connectivity index (χ4v) is 4.97. The highest BCUT2D eigenvalue weighted by Crippen LogP contribution is 2.26. The van der Waals surface area contributed by atoms with Gasteiger partial charge in [-0.05, 0) is 66.8 Å². The number of hydrogen-bond acceptors (Lipinski definition) is 6. The van der Waals surface area contributed by atoms with Crippen LogP contribution in [-0.2, 0) is 22.4 Å². The molecule has 0 saturated carbocycles. The Balaban J connectivity index is 1.38. The van der Waals surface area contributed by atoms with Crippen molar-refractivity contribution in [3.05, 3.63) is 88.7 Å². The van der Waals surface area contributed by atoms with Gasteiger partial charge < -0.3 is 19.5 Å². The molecular weight excluding hydrogens is 466 g/mol. The van der Waals surface area contributed by atoms with Crippen LogP contribution >= 0.6 is 0 Å². The number of ether oxygens (including phenoxy) is 3. The van der Waals surface area contributed by atoms with Crippen molar-refractivity contribution in [2.45, 2.75) is 38.8 Å². The highest BCUT2D eigenvalue weighted by atomic mass is 16.5. The molecule has 7 nitrogen and oxygen atoms in total. The number of hydrogen-bond donors (Lipinski definition) is 1. The molecule has 2 aliphatic rings. The fraction of sp³-hybridized carbons (Fsp3) is 0.400. The van der Waals surface area contributed by atoms with E-state index in [0.717, 1.165) is 56.2 Å². The number of benzene rings is 2. The van der Waals surface area contributed by atoms with Gasteiger partial charge >= 0.3 is 0 Å². The lowest BCUT2D eigenvalue weighted by atomic mass is 9.99. The summed E-state index contributed by atoms with van der Waals surface area (Å²) in [5.41, 5.74) is 5.62. The van der Waals surface area contributed by atoms with Gasteiger partial charge in [-0.2, -0.15) is 0 Å². The quantitative estimate of drug-likeness (QED) is 0.565. The van der Waals surface area contributed by atoms with E-state index in [0.29, 0.717) is 43.5 Å². The highest BCUT2D eigenvalue weighted by molar-refractivity contribution is 6.04. The van der Waals surface area contributed by atoms with Gasteiger partial charge in [-0.15, -0.1) is 0 Å². The Morgan fingerprint density at radius 3 is 2.62 bits per heavy atom. The van der Waals surface area contributed by atoms with E-state index in [1.807, 2.05) is 37.3 Å². The van der Waals surface area contributed by atoms with Crippen LogP contribution in [0.2, 0.25) is 0 Å². The van der Waals surface area contributed by atoms with E-state index in [-0.39, 0.29) is 5.91 Å². The van der Waals surface area contributed by atoms with Crippen molar-refractivity contribution in [2.75, 3.05) is 44.9 Å². The summed E-state index contributed by atoms with van der Waals surface area (Å²) in [6, 6.07) is 18.6. The number of nitrogens with one attached hydrogen (secondary N) is 1. The van der Waals surface area contributed by atoms with Gasteiger partial charge in [-0.1, -0.05) is 24.3 Å². The van der Waals surface area contributed by atoms with E-state index < -0.39 is 0 Å². The topological polar surface area (TPSA) is 72.9 Å². The van der Waals surface area contributed by atoms with E-state index >= 15 is 0 Å². The molecule has 1 fully saturated rings. The van der Waals surface area contributed by atoms with Crippen LogP contribution in [0.5, 0.6) is 5.75 Å². The molecule has 0 spiro atoms. The molecule has 2 aliphatic heterocycles. The molecule has 0 aliphatic carbocycles. The molecule has 0 atom stereocenters. The van der Waals surface area contributed by atoms with Crippen LogP contribution in [0, 0.1) is 6.92 Å². The van der Waals surface area contributed by atoms with Gasteiger partial charge in [0.15, 0.2) is 0 Å². The molecule has 0 unspecified atom stereocenters. The Kier molecular flexibility index (Phi) is 8.46.